The van der Waals surface area contributed by atoms with Crippen molar-refractivity contribution >= 4 is 16.8 Å². The Kier molecular flexibility index (Phi) is 5.86. The summed E-state index contributed by atoms with van der Waals surface area (Å²) >= 11 is 0. The molecule has 0 radical (unpaired) electrons. The molecule has 0 unspecified atom stereocenters. The number of ether oxygens (including phenoxy) is 1. The molecule has 4 nitrogen and oxygen atoms in total. The minimum absolute atomic E-state index is 0.0324. The fraction of sp³-hybridized carbons (Fsp3) is 0.333. The third-order valence-electron chi connectivity index (χ3n) is 5.36. The molecular weight excluding hydrogens is 348 g/mol. The number of para-hydroxylation sites is 1. The van der Waals surface area contributed by atoms with Gasteiger partial charge in [-0.05, 0) is 24.5 Å². The van der Waals surface area contributed by atoms with Crippen molar-refractivity contribution < 1.29 is 9.53 Å². The van der Waals surface area contributed by atoms with E-state index in [9.17, 15) is 4.79 Å². The van der Waals surface area contributed by atoms with Gasteiger partial charge in [-0.1, -0.05) is 74.2 Å². The summed E-state index contributed by atoms with van der Waals surface area (Å²) in [5, 5.41) is 4.11. The summed E-state index contributed by atoms with van der Waals surface area (Å²) in [6.45, 7) is 0.426. The first kappa shape index (κ1) is 18.5. The molecule has 0 atom stereocenters. The van der Waals surface area contributed by atoms with Crippen molar-refractivity contribution in [3.8, 4) is 5.88 Å². The Morgan fingerprint density at radius 3 is 2.46 bits per heavy atom. The van der Waals surface area contributed by atoms with E-state index in [0.29, 0.717) is 18.1 Å². The maximum absolute atomic E-state index is 13.1. The van der Waals surface area contributed by atoms with Gasteiger partial charge >= 0.3 is 0 Å². The molecular formula is C24H26N2O2. The van der Waals surface area contributed by atoms with Gasteiger partial charge in [-0.3, -0.25) is 4.79 Å². The molecule has 1 heterocycles. The highest BCUT2D eigenvalue weighted by Crippen LogP contribution is 2.24. The quantitative estimate of drug-likeness (QED) is 0.619. The molecule has 0 spiro atoms. The lowest BCUT2D eigenvalue weighted by atomic mass is 10.1. The molecule has 0 saturated heterocycles. The van der Waals surface area contributed by atoms with Crippen LogP contribution in [0.2, 0.25) is 0 Å². The molecule has 3 aromatic rings. The van der Waals surface area contributed by atoms with Crippen LogP contribution < -0.4 is 10.1 Å². The first-order valence-corrected chi connectivity index (χ1v) is 10.2. The summed E-state index contributed by atoms with van der Waals surface area (Å²) in [6.07, 6.45) is 7.03. The summed E-state index contributed by atoms with van der Waals surface area (Å²) in [4.78, 5) is 17.7. The minimum atomic E-state index is -0.0324. The Hall–Kier alpha value is -2.88. The van der Waals surface area contributed by atoms with Crippen LogP contribution in [0.1, 0.15) is 54.4 Å². The van der Waals surface area contributed by atoms with Gasteiger partial charge < -0.3 is 10.1 Å². The van der Waals surface area contributed by atoms with Crippen LogP contribution in [-0.2, 0) is 6.61 Å². The van der Waals surface area contributed by atoms with Crippen molar-refractivity contribution in [2.45, 2.75) is 51.2 Å². The predicted octanol–water partition coefficient (Wildman–Crippen LogP) is 5.27. The van der Waals surface area contributed by atoms with Crippen LogP contribution in [-0.4, -0.2) is 16.9 Å². The lowest BCUT2D eigenvalue weighted by Crippen LogP contribution is -2.34. The number of carbonyl (C=O) groups excluding carboxylic acids is 1. The molecule has 4 rings (SSSR count). The van der Waals surface area contributed by atoms with E-state index in [1.807, 2.05) is 54.6 Å². The Morgan fingerprint density at radius 1 is 0.964 bits per heavy atom. The summed E-state index contributed by atoms with van der Waals surface area (Å²) in [6, 6.07) is 19.8. The van der Waals surface area contributed by atoms with Gasteiger partial charge in [0, 0.05) is 17.5 Å². The average molecular weight is 374 g/mol. The van der Waals surface area contributed by atoms with Gasteiger partial charge in [-0.2, -0.15) is 0 Å². The summed E-state index contributed by atoms with van der Waals surface area (Å²) < 4.78 is 5.91. The van der Waals surface area contributed by atoms with Crippen LogP contribution in [0.3, 0.4) is 0 Å². The van der Waals surface area contributed by atoms with E-state index in [2.05, 4.69) is 10.3 Å². The molecule has 1 aliphatic rings. The smallest absolute Gasteiger partial charge is 0.252 e. The number of amides is 1. The molecule has 28 heavy (non-hydrogen) atoms. The van der Waals surface area contributed by atoms with Crippen molar-refractivity contribution in [2.24, 2.45) is 0 Å². The zero-order valence-electron chi connectivity index (χ0n) is 16.1. The van der Waals surface area contributed by atoms with Crippen LogP contribution in [0.25, 0.3) is 10.9 Å². The fourth-order valence-corrected chi connectivity index (χ4v) is 3.83. The highest BCUT2D eigenvalue weighted by molar-refractivity contribution is 6.06. The molecule has 1 N–H and O–H groups in total. The number of fused-ring (bicyclic) bond motifs is 1. The van der Waals surface area contributed by atoms with E-state index in [1.54, 1.807) is 6.07 Å². The lowest BCUT2D eigenvalue weighted by molar-refractivity contribution is 0.0934. The number of rotatable bonds is 5. The second-order valence-corrected chi connectivity index (χ2v) is 7.46. The zero-order valence-corrected chi connectivity index (χ0v) is 16.1. The summed E-state index contributed by atoms with van der Waals surface area (Å²) in [7, 11) is 0. The standard InChI is InChI=1S/C24H26N2O2/c27-24(25-19-12-6-1-2-7-13-19)21-16-23(26-22-15-9-8-14-20(21)22)28-17-18-10-4-3-5-11-18/h3-5,8-11,14-16,19H,1-2,6-7,12-13,17H2,(H,25,27). The number of hydrogen-bond donors (Lipinski definition) is 1. The largest absolute Gasteiger partial charge is 0.473 e. The monoisotopic (exact) mass is 374 g/mol. The molecule has 4 heteroatoms. The number of aromatic nitrogens is 1. The number of benzene rings is 2. The first-order valence-electron chi connectivity index (χ1n) is 10.2. The van der Waals surface area contributed by atoms with Crippen molar-refractivity contribution in [1.29, 1.82) is 0 Å². The number of nitrogens with zero attached hydrogens (tertiary/aromatic N) is 1. The molecule has 1 saturated carbocycles. The molecule has 1 amide bonds. The Morgan fingerprint density at radius 2 is 1.68 bits per heavy atom. The van der Waals surface area contributed by atoms with Gasteiger partial charge in [-0.15, -0.1) is 0 Å². The van der Waals surface area contributed by atoms with Gasteiger partial charge in [0.15, 0.2) is 0 Å². The molecule has 144 valence electrons. The maximum Gasteiger partial charge on any atom is 0.252 e. The molecule has 1 aromatic heterocycles. The fourth-order valence-electron chi connectivity index (χ4n) is 3.83. The molecule has 0 aliphatic heterocycles. The minimum Gasteiger partial charge on any atom is -0.473 e. The van der Waals surface area contributed by atoms with Crippen molar-refractivity contribution in [3.05, 3.63) is 71.8 Å². The number of nitrogens with one attached hydrogen (secondary N) is 1. The average Bonchev–Trinajstić information content (AvgIpc) is 3.01. The summed E-state index contributed by atoms with van der Waals surface area (Å²) in [5.41, 5.74) is 2.49. The van der Waals surface area contributed by atoms with Crippen LogP contribution >= 0.6 is 0 Å². The van der Waals surface area contributed by atoms with Crippen LogP contribution in [0, 0.1) is 0 Å². The van der Waals surface area contributed by atoms with E-state index in [1.165, 1.54) is 25.7 Å². The molecule has 1 fully saturated rings. The molecule has 1 aliphatic carbocycles. The third kappa shape index (κ3) is 4.50. The van der Waals surface area contributed by atoms with Crippen LogP contribution in [0.5, 0.6) is 5.88 Å². The number of hydrogen-bond acceptors (Lipinski definition) is 3. The van der Waals surface area contributed by atoms with E-state index in [0.717, 1.165) is 29.3 Å². The van der Waals surface area contributed by atoms with Gasteiger partial charge in [0.1, 0.15) is 6.61 Å². The second kappa shape index (κ2) is 8.87. The van der Waals surface area contributed by atoms with Crippen LogP contribution in [0.15, 0.2) is 60.7 Å². The normalized spacial score (nSPS) is 15.1. The third-order valence-corrected chi connectivity index (χ3v) is 5.36. The first-order chi connectivity index (χ1) is 13.8. The second-order valence-electron chi connectivity index (χ2n) is 7.46. The molecule has 0 bridgehead atoms. The molecule has 2 aromatic carbocycles. The topological polar surface area (TPSA) is 51.2 Å². The highest BCUT2D eigenvalue weighted by atomic mass is 16.5. The Bertz CT molecular complexity index is 932. The van der Waals surface area contributed by atoms with E-state index < -0.39 is 0 Å². The lowest BCUT2D eigenvalue weighted by Gasteiger charge is -2.17. The van der Waals surface area contributed by atoms with E-state index in [-0.39, 0.29) is 11.9 Å². The van der Waals surface area contributed by atoms with Gasteiger partial charge in [0.25, 0.3) is 5.91 Å². The predicted molar refractivity (Wildman–Crippen MR) is 111 cm³/mol. The Balaban J connectivity index is 1.57. The van der Waals surface area contributed by atoms with Crippen molar-refractivity contribution in [1.82, 2.24) is 10.3 Å². The van der Waals surface area contributed by atoms with Crippen molar-refractivity contribution in [3.63, 3.8) is 0 Å². The highest BCUT2D eigenvalue weighted by Gasteiger charge is 2.19. The maximum atomic E-state index is 13.1. The zero-order chi connectivity index (χ0) is 19.2. The SMILES string of the molecule is O=C(NC1CCCCCC1)c1cc(OCc2ccccc2)nc2ccccc12. The van der Waals surface area contributed by atoms with Crippen molar-refractivity contribution in [2.75, 3.05) is 0 Å². The van der Waals surface area contributed by atoms with Gasteiger partial charge in [-0.25, -0.2) is 4.98 Å². The van der Waals surface area contributed by atoms with Gasteiger partial charge in [0.05, 0.1) is 11.1 Å². The number of pyridine rings is 1. The van der Waals surface area contributed by atoms with Crippen LogP contribution in [0.4, 0.5) is 0 Å². The van der Waals surface area contributed by atoms with E-state index in [4.69, 9.17) is 4.74 Å². The number of carbonyl (C=O) groups is 1. The Labute approximate surface area is 165 Å². The van der Waals surface area contributed by atoms with E-state index >= 15 is 0 Å². The summed E-state index contributed by atoms with van der Waals surface area (Å²) in [5.74, 6) is 0.448. The van der Waals surface area contributed by atoms with Gasteiger partial charge in [0.2, 0.25) is 5.88 Å².